The summed E-state index contributed by atoms with van der Waals surface area (Å²) >= 11 is 6.07. The van der Waals surface area contributed by atoms with Gasteiger partial charge >= 0.3 is 12.1 Å². The lowest BCUT2D eigenvalue weighted by molar-refractivity contribution is -0.137. The average Bonchev–Trinajstić information content (AvgIpc) is 2.87. The fourth-order valence-corrected chi connectivity index (χ4v) is 4.19. The van der Waals surface area contributed by atoms with Crippen molar-refractivity contribution in [1.29, 1.82) is 0 Å². The quantitative estimate of drug-likeness (QED) is 0.267. The van der Waals surface area contributed by atoms with Gasteiger partial charge in [-0.05, 0) is 43.2 Å². The predicted molar refractivity (Wildman–Crippen MR) is 136 cm³/mol. The van der Waals surface area contributed by atoms with E-state index in [2.05, 4.69) is 10.3 Å². The number of hydrogen-bond acceptors (Lipinski definition) is 4. The van der Waals surface area contributed by atoms with Crippen LogP contribution >= 0.6 is 11.6 Å². The van der Waals surface area contributed by atoms with E-state index in [-0.39, 0.29) is 16.3 Å². The number of halogens is 4. The summed E-state index contributed by atoms with van der Waals surface area (Å²) in [5, 5.41) is 2.86. The lowest BCUT2D eigenvalue weighted by atomic mass is 10.00. The number of para-hydroxylation sites is 1. The fourth-order valence-electron chi connectivity index (χ4n) is 4.03. The number of aromatic nitrogens is 1. The molecule has 0 radical (unpaired) electrons. The molecule has 190 valence electrons. The zero-order valence-corrected chi connectivity index (χ0v) is 20.7. The number of benzene rings is 3. The molecule has 0 bridgehead atoms. The molecule has 0 saturated carbocycles. The molecule has 37 heavy (non-hydrogen) atoms. The van der Waals surface area contributed by atoms with Crippen molar-refractivity contribution in [2.75, 3.05) is 5.32 Å². The maximum absolute atomic E-state index is 13.5. The van der Waals surface area contributed by atoms with Crippen LogP contribution in [0, 0.1) is 6.92 Å². The number of nitrogens with zero attached hydrogens (tertiary/aromatic N) is 1. The van der Waals surface area contributed by atoms with Gasteiger partial charge in [0.05, 0.1) is 27.4 Å². The molecule has 0 fully saturated rings. The zero-order valence-electron chi connectivity index (χ0n) is 19.9. The van der Waals surface area contributed by atoms with Crippen molar-refractivity contribution in [2.45, 2.75) is 32.5 Å². The summed E-state index contributed by atoms with van der Waals surface area (Å²) in [4.78, 5) is 31.5. The first kappa shape index (κ1) is 26.2. The predicted octanol–water partition coefficient (Wildman–Crippen LogP) is 7.31. The van der Waals surface area contributed by atoms with Crippen LogP contribution in [0.5, 0.6) is 0 Å². The normalized spacial score (nSPS) is 12.3. The third-order valence-corrected chi connectivity index (χ3v) is 6.22. The Labute approximate surface area is 216 Å². The van der Waals surface area contributed by atoms with Crippen LogP contribution < -0.4 is 5.32 Å². The van der Waals surface area contributed by atoms with E-state index in [1.807, 2.05) is 6.92 Å². The van der Waals surface area contributed by atoms with Gasteiger partial charge in [0, 0.05) is 16.6 Å². The first-order valence-corrected chi connectivity index (χ1v) is 11.8. The van der Waals surface area contributed by atoms with Crippen molar-refractivity contribution >= 4 is 40.1 Å². The number of hydrogen-bond donors (Lipinski definition) is 1. The van der Waals surface area contributed by atoms with Gasteiger partial charge in [0.25, 0.3) is 5.91 Å². The molecular weight excluding hydrogens is 505 g/mol. The number of carbonyl (C=O) groups excluding carboxylic acids is 2. The summed E-state index contributed by atoms with van der Waals surface area (Å²) in [5.74, 6) is -1.61. The number of fused-ring (bicyclic) bond motifs is 1. The lowest BCUT2D eigenvalue weighted by Gasteiger charge is -2.20. The van der Waals surface area contributed by atoms with Crippen molar-refractivity contribution in [3.8, 4) is 0 Å². The third-order valence-electron chi connectivity index (χ3n) is 5.89. The van der Waals surface area contributed by atoms with Gasteiger partial charge in [0.2, 0.25) is 6.10 Å². The van der Waals surface area contributed by atoms with Crippen LogP contribution in [-0.2, 0) is 22.1 Å². The Kier molecular flexibility index (Phi) is 7.50. The Morgan fingerprint density at radius 2 is 1.70 bits per heavy atom. The maximum atomic E-state index is 13.5. The van der Waals surface area contributed by atoms with E-state index >= 15 is 0 Å². The molecule has 3 aromatic carbocycles. The summed E-state index contributed by atoms with van der Waals surface area (Å²) < 4.78 is 45.4. The highest BCUT2D eigenvalue weighted by Crippen LogP contribution is 2.35. The van der Waals surface area contributed by atoms with Crippen LogP contribution in [-0.4, -0.2) is 16.9 Å². The van der Waals surface area contributed by atoms with Crippen LogP contribution in [0.15, 0.2) is 72.8 Å². The van der Waals surface area contributed by atoms with E-state index in [0.717, 1.165) is 18.2 Å². The Balaban J connectivity index is 1.73. The van der Waals surface area contributed by atoms with Gasteiger partial charge in [0.15, 0.2) is 0 Å². The monoisotopic (exact) mass is 526 g/mol. The number of nitrogens with one attached hydrogen (secondary N) is 1. The van der Waals surface area contributed by atoms with E-state index < -0.39 is 29.7 Å². The van der Waals surface area contributed by atoms with Gasteiger partial charge in [0.1, 0.15) is 0 Å². The van der Waals surface area contributed by atoms with Crippen molar-refractivity contribution in [3.63, 3.8) is 0 Å². The summed E-state index contributed by atoms with van der Waals surface area (Å²) in [6.07, 6.45) is -5.52. The first-order valence-electron chi connectivity index (χ1n) is 11.4. The van der Waals surface area contributed by atoms with Crippen LogP contribution in [0.4, 0.5) is 18.9 Å². The second-order valence-corrected chi connectivity index (χ2v) is 8.71. The number of amides is 1. The number of carbonyl (C=O) groups is 2. The second kappa shape index (κ2) is 10.6. The number of aryl methyl sites for hydroxylation is 1. The molecule has 5 nitrogen and oxygen atoms in total. The smallest absolute Gasteiger partial charge is 0.416 e. The van der Waals surface area contributed by atoms with Crippen molar-refractivity contribution < 1.29 is 27.5 Å². The van der Waals surface area contributed by atoms with Gasteiger partial charge in [-0.1, -0.05) is 67.1 Å². The molecule has 0 saturated heterocycles. The van der Waals surface area contributed by atoms with Crippen LogP contribution in [0.2, 0.25) is 5.02 Å². The lowest BCUT2D eigenvalue weighted by Crippen LogP contribution is -2.26. The molecule has 4 rings (SSSR count). The Morgan fingerprint density at radius 1 is 1.03 bits per heavy atom. The molecule has 1 aromatic heterocycles. The molecule has 1 heterocycles. The molecule has 1 N–H and O–H groups in total. The minimum atomic E-state index is -4.63. The third kappa shape index (κ3) is 5.59. The van der Waals surface area contributed by atoms with Crippen molar-refractivity contribution in [3.05, 3.63) is 106 Å². The standard InChI is InChI=1S/C28H22ClF3N2O3/c1-3-21-16(2)24(19-11-7-8-12-22(19)33-21)27(36)37-25(17-9-5-4-6-10-17)26(35)34-23-15-18(28(30,31)32)13-14-20(23)29/h4-15,25H,3H2,1-2H3,(H,34,35)/t25-/m1/s1. The molecule has 0 aliphatic rings. The van der Waals surface area contributed by atoms with Crippen LogP contribution in [0.25, 0.3) is 10.9 Å². The highest BCUT2D eigenvalue weighted by Gasteiger charge is 2.32. The largest absolute Gasteiger partial charge is 0.444 e. The summed E-state index contributed by atoms with van der Waals surface area (Å²) in [5.41, 5.74) is 1.31. The van der Waals surface area contributed by atoms with Gasteiger partial charge < -0.3 is 10.1 Å². The number of anilines is 1. The number of ether oxygens (including phenoxy) is 1. The van der Waals surface area contributed by atoms with Crippen molar-refractivity contribution in [2.24, 2.45) is 0 Å². The number of rotatable bonds is 6. The number of esters is 1. The van der Waals surface area contributed by atoms with E-state index in [1.165, 1.54) is 0 Å². The van der Waals surface area contributed by atoms with Crippen molar-refractivity contribution in [1.82, 2.24) is 4.98 Å². The SMILES string of the molecule is CCc1nc2ccccc2c(C(=O)O[C@@H](C(=O)Nc2cc(C(F)(F)F)ccc2Cl)c2ccccc2)c1C. The fraction of sp³-hybridized carbons (Fsp3) is 0.179. The van der Waals surface area contributed by atoms with Gasteiger partial charge in [-0.25, -0.2) is 4.79 Å². The van der Waals surface area contributed by atoms with E-state index in [4.69, 9.17) is 16.3 Å². The van der Waals surface area contributed by atoms with Gasteiger partial charge in [-0.2, -0.15) is 13.2 Å². The molecule has 0 aliphatic heterocycles. The average molecular weight is 527 g/mol. The molecule has 4 aromatic rings. The molecule has 9 heteroatoms. The Bertz CT molecular complexity index is 1470. The van der Waals surface area contributed by atoms with E-state index in [9.17, 15) is 22.8 Å². The number of alkyl halides is 3. The minimum absolute atomic E-state index is 0.0944. The van der Waals surface area contributed by atoms with E-state index in [0.29, 0.717) is 34.1 Å². The Morgan fingerprint density at radius 3 is 2.38 bits per heavy atom. The molecule has 0 unspecified atom stereocenters. The molecule has 0 spiro atoms. The molecule has 1 amide bonds. The molecule has 1 atom stereocenters. The summed E-state index contributed by atoms with van der Waals surface area (Å²) in [7, 11) is 0. The highest BCUT2D eigenvalue weighted by molar-refractivity contribution is 6.33. The highest BCUT2D eigenvalue weighted by atomic mass is 35.5. The van der Waals surface area contributed by atoms with Gasteiger partial charge in [-0.3, -0.25) is 9.78 Å². The van der Waals surface area contributed by atoms with Gasteiger partial charge in [-0.15, -0.1) is 0 Å². The first-order chi connectivity index (χ1) is 17.6. The summed E-state index contributed by atoms with van der Waals surface area (Å²) in [6, 6.07) is 17.9. The Hall–Kier alpha value is -3.91. The molecular formula is C28H22ClF3N2O3. The zero-order chi connectivity index (χ0) is 26.7. The second-order valence-electron chi connectivity index (χ2n) is 8.31. The maximum Gasteiger partial charge on any atom is 0.416 e. The van der Waals surface area contributed by atoms with Crippen LogP contribution in [0.1, 0.15) is 45.8 Å². The van der Waals surface area contributed by atoms with Crippen LogP contribution in [0.3, 0.4) is 0 Å². The minimum Gasteiger partial charge on any atom is -0.444 e. The van der Waals surface area contributed by atoms with E-state index in [1.54, 1.807) is 61.5 Å². The molecule has 0 aliphatic carbocycles. The summed E-state index contributed by atoms with van der Waals surface area (Å²) in [6.45, 7) is 3.67. The topological polar surface area (TPSA) is 68.3 Å². The number of pyridine rings is 1.